The SMILES string of the molecule is Cc1cccc(-c2cc(-c3cc(C)ccc3C)c(C#N)c(=O)[nH]2)c1. The minimum absolute atomic E-state index is 0.153. The fourth-order valence-electron chi connectivity index (χ4n) is 2.88. The zero-order valence-corrected chi connectivity index (χ0v) is 14.0. The standard InChI is InChI=1S/C21H18N2O/c1-13-5-4-6-16(9-13)20-11-18(19(12-22)21(24)23-20)17-10-14(2)7-8-15(17)3/h4-11H,1-3H3,(H,23,24). The Balaban J connectivity index is 2.31. The van der Waals surface area contributed by atoms with Crippen LogP contribution in [0.15, 0.2) is 53.3 Å². The summed E-state index contributed by atoms with van der Waals surface area (Å²) in [6, 6.07) is 18.0. The van der Waals surface area contributed by atoms with E-state index >= 15 is 0 Å². The number of aromatic amines is 1. The second kappa shape index (κ2) is 6.17. The normalized spacial score (nSPS) is 10.4. The molecular weight excluding hydrogens is 296 g/mol. The van der Waals surface area contributed by atoms with Gasteiger partial charge in [0.25, 0.3) is 5.56 Å². The summed E-state index contributed by atoms with van der Waals surface area (Å²) in [4.78, 5) is 15.3. The van der Waals surface area contributed by atoms with Gasteiger partial charge in [-0.15, -0.1) is 0 Å². The maximum Gasteiger partial charge on any atom is 0.266 e. The van der Waals surface area contributed by atoms with Crippen LogP contribution in [0.2, 0.25) is 0 Å². The third kappa shape index (κ3) is 2.87. The number of benzene rings is 2. The van der Waals surface area contributed by atoms with Gasteiger partial charge in [0.15, 0.2) is 0 Å². The average molecular weight is 314 g/mol. The van der Waals surface area contributed by atoms with Crippen molar-refractivity contribution in [3.8, 4) is 28.5 Å². The summed E-state index contributed by atoms with van der Waals surface area (Å²) in [6.07, 6.45) is 0. The van der Waals surface area contributed by atoms with Gasteiger partial charge in [-0.3, -0.25) is 4.79 Å². The first-order chi connectivity index (χ1) is 11.5. The van der Waals surface area contributed by atoms with Crippen molar-refractivity contribution in [1.82, 2.24) is 4.98 Å². The van der Waals surface area contributed by atoms with Crippen molar-refractivity contribution < 1.29 is 0 Å². The molecule has 0 aliphatic heterocycles. The van der Waals surface area contributed by atoms with Crippen LogP contribution in [0.1, 0.15) is 22.3 Å². The molecule has 0 amide bonds. The van der Waals surface area contributed by atoms with Crippen LogP contribution in [0.4, 0.5) is 0 Å². The monoisotopic (exact) mass is 314 g/mol. The van der Waals surface area contributed by atoms with Crippen molar-refractivity contribution >= 4 is 0 Å². The van der Waals surface area contributed by atoms with Gasteiger partial charge in [0, 0.05) is 11.3 Å². The number of rotatable bonds is 2. The first-order valence-electron chi connectivity index (χ1n) is 7.81. The molecule has 0 radical (unpaired) electrons. The van der Waals surface area contributed by atoms with E-state index in [4.69, 9.17) is 0 Å². The van der Waals surface area contributed by atoms with Gasteiger partial charge in [-0.05, 0) is 49.6 Å². The van der Waals surface area contributed by atoms with E-state index in [9.17, 15) is 10.1 Å². The lowest BCUT2D eigenvalue weighted by Crippen LogP contribution is -2.13. The molecule has 0 fully saturated rings. The molecule has 0 aliphatic carbocycles. The summed E-state index contributed by atoms with van der Waals surface area (Å²) in [5.74, 6) is 0. The zero-order chi connectivity index (χ0) is 17.3. The van der Waals surface area contributed by atoms with Gasteiger partial charge < -0.3 is 4.98 Å². The molecule has 0 unspecified atom stereocenters. The van der Waals surface area contributed by atoms with Gasteiger partial charge >= 0.3 is 0 Å². The van der Waals surface area contributed by atoms with Crippen molar-refractivity contribution in [2.75, 3.05) is 0 Å². The molecule has 3 nitrogen and oxygen atoms in total. The summed E-state index contributed by atoms with van der Waals surface area (Å²) < 4.78 is 0. The number of pyridine rings is 1. The lowest BCUT2D eigenvalue weighted by Gasteiger charge is -2.11. The molecule has 3 rings (SSSR count). The minimum Gasteiger partial charge on any atom is -0.321 e. The molecule has 24 heavy (non-hydrogen) atoms. The summed E-state index contributed by atoms with van der Waals surface area (Å²) >= 11 is 0. The molecular formula is C21H18N2O. The highest BCUT2D eigenvalue weighted by molar-refractivity contribution is 5.77. The summed E-state index contributed by atoms with van der Waals surface area (Å²) in [7, 11) is 0. The van der Waals surface area contributed by atoms with Crippen molar-refractivity contribution in [2.45, 2.75) is 20.8 Å². The molecule has 0 bridgehead atoms. The summed E-state index contributed by atoms with van der Waals surface area (Å²) in [6.45, 7) is 6.00. The summed E-state index contributed by atoms with van der Waals surface area (Å²) in [5.41, 5.74) is 6.31. The number of aromatic nitrogens is 1. The number of nitrogens with one attached hydrogen (secondary N) is 1. The van der Waals surface area contributed by atoms with Gasteiger partial charge in [0.1, 0.15) is 11.6 Å². The Morgan fingerprint density at radius 2 is 1.67 bits per heavy atom. The maximum atomic E-state index is 12.4. The molecule has 0 saturated carbocycles. The Kier molecular flexibility index (Phi) is 4.05. The zero-order valence-electron chi connectivity index (χ0n) is 14.0. The highest BCUT2D eigenvalue weighted by atomic mass is 16.1. The van der Waals surface area contributed by atoms with Crippen molar-refractivity contribution in [3.63, 3.8) is 0 Å². The van der Waals surface area contributed by atoms with Crippen LogP contribution < -0.4 is 5.56 Å². The van der Waals surface area contributed by atoms with Crippen LogP contribution in [0, 0.1) is 32.1 Å². The highest BCUT2D eigenvalue weighted by Crippen LogP contribution is 2.29. The summed E-state index contributed by atoms with van der Waals surface area (Å²) in [5, 5.41) is 9.46. The van der Waals surface area contributed by atoms with Crippen LogP contribution in [-0.2, 0) is 0 Å². The Hall–Kier alpha value is -3.12. The van der Waals surface area contributed by atoms with Crippen molar-refractivity contribution in [1.29, 1.82) is 5.26 Å². The van der Waals surface area contributed by atoms with E-state index in [0.717, 1.165) is 33.5 Å². The van der Waals surface area contributed by atoms with Crippen molar-refractivity contribution in [3.05, 3.63) is 81.1 Å². The van der Waals surface area contributed by atoms with Gasteiger partial charge in [0.2, 0.25) is 0 Å². The van der Waals surface area contributed by atoms with E-state index in [2.05, 4.69) is 11.1 Å². The average Bonchev–Trinajstić information content (AvgIpc) is 2.56. The van der Waals surface area contributed by atoms with E-state index in [-0.39, 0.29) is 11.1 Å². The molecule has 0 spiro atoms. The number of hydrogen-bond donors (Lipinski definition) is 1. The molecule has 3 aromatic rings. The molecule has 0 saturated heterocycles. The van der Waals surface area contributed by atoms with Crippen LogP contribution in [-0.4, -0.2) is 4.98 Å². The molecule has 1 aromatic heterocycles. The number of aryl methyl sites for hydroxylation is 3. The Morgan fingerprint density at radius 1 is 0.917 bits per heavy atom. The van der Waals surface area contributed by atoms with Crippen molar-refractivity contribution in [2.24, 2.45) is 0 Å². The van der Waals surface area contributed by atoms with Crippen LogP contribution in [0.5, 0.6) is 0 Å². The first kappa shape index (κ1) is 15.8. The minimum atomic E-state index is -0.354. The largest absolute Gasteiger partial charge is 0.321 e. The lowest BCUT2D eigenvalue weighted by molar-refractivity contribution is 1.21. The molecule has 3 heteroatoms. The Bertz CT molecular complexity index is 1020. The second-order valence-electron chi connectivity index (χ2n) is 6.10. The quantitative estimate of drug-likeness (QED) is 0.757. The number of nitrogens with zero attached hydrogens (tertiary/aromatic N) is 1. The number of nitriles is 1. The van der Waals surface area contributed by atoms with E-state index in [1.165, 1.54) is 0 Å². The van der Waals surface area contributed by atoms with E-state index in [0.29, 0.717) is 5.56 Å². The van der Waals surface area contributed by atoms with Gasteiger partial charge in [0.05, 0.1) is 0 Å². The topological polar surface area (TPSA) is 56.6 Å². The van der Waals surface area contributed by atoms with Gasteiger partial charge in [-0.1, -0.05) is 47.5 Å². The maximum absolute atomic E-state index is 12.4. The van der Waals surface area contributed by atoms with Gasteiger partial charge in [-0.2, -0.15) is 5.26 Å². The third-order valence-electron chi connectivity index (χ3n) is 4.16. The Labute approximate surface area is 141 Å². The van der Waals surface area contributed by atoms with Gasteiger partial charge in [-0.25, -0.2) is 0 Å². The van der Waals surface area contributed by atoms with Crippen LogP contribution >= 0.6 is 0 Å². The van der Waals surface area contributed by atoms with E-state index in [1.54, 1.807) is 0 Å². The molecule has 118 valence electrons. The third-order valence-corrected chi connectivity index (χ3v) is 4.16. The molecule has 1 N–H and O–H groups in total. The number of H-pyrrole nitrogens is 1. The molecule has 0 atom stereocenters. The predicted octanol–water partition coefficient (Wildman–Crippen LogP) is 4.51. The fourth-order valence-corrected chi connectivity index (χ4v) is 2.88. The van der Waals surface area contributed by atoms with Crippen LogP contribution in [0.3, 0.4) is 0 Å². The van der Waals surface area contributed by atoms with Crippen LogP contribution in [0.25, 0.3) is 22.4 Å². The lowest BCUT2D eigenvalue weighted by atomic mass is 9.94. The molecule has 1 heterocycles. The second-order valence-corrected chi connectivity index (χ2v) is 6.10. The first-order valence-corrected chi connectivity index (χ1v) is 7.81. The smallest absolute Gasteiger partial charge is 0.266 e. The molecule has 0 aliphatic rings. The number of hydrogen-bond acceptors (Lipinski definition) is 2. The molecule has 2 aromatic carbocycles. The Morgan fingerprint density at radius 3 is 2.38 bits per heavy atom. The van der Waals surface area contributed by atoms with E-state index < -0.39 is 0 Å². The predicted molar refractivity (Wildman–Crippen MR) is 96.9 cm³/mol. The highest BCUT2D eigenvalue weighted by Gasteiger charge is 2.14. The fraction of sp³-hybridized carbons (Fsp3) is 0.143. The van der Waals surface area contributed by atoms with E-state index in [1.807, 2.05) is 69.3 Å².